The van der Waals surface area contributed by atoms with E-state index in [1.165, 1.54) is 24.3 Å². The highest BCUT2D eigenvalue weighted by Crippen LogP contribution is 2.27. The van der Waals surface area contributed by atoms with Gasteiger partial charge in [-0.25, -0.2) is 9.18 Å². The number of rotatable bonds is 3. The zero-order valence-electron chi connectivity index (χ0n) is 11.8. The first-order valence-corrected chi connectivity index (χ1v) is 6.70. The highest BCUT2D eigenvalue weighted by molar-refractivity contribution is 5.93. The van der Waals surface area contributed by atoms with Gasteiger partial charge in [0.1, 0.15) is 5.82 Å². The number of carboxylic acids is 1. The van der Waals surface area contributed by atoms with E-state index in [1.807, 2.05) is 13.0 Å². The summed E-state index contributed by atoms with van der Waals surface area (Å²) < 4.78 is 13.5. The molecule has 0 atom stereocenters. The summed E-state index contributed by atoms with van der Waals surface area (Å²) in [4.78, 5) is 15.2. The average Bonchev–Trinajstić information content (AvgIpc) is 2.48. The van der Waals surface area contributed by atoms with Crippen LogP contribution >= 0.6 is 0 Å². The molecular weight excluding hydrogens is 283 g/mol. The number of aromatic carboxylic acids is 1. The van der Waals surface area contributed by atoms with Gasteiger partial charge >= 0.3 is 5.97 Å². The number of hydrogen-bond donors (Lipinski definition) is 2. The lowest BCUT2D eigenvalue weighted by Gasteiger charge is -2.11. The predicted octanol–water partition coefficient (Wildman–Crippen LogP) is 4.12. The second-order valence-electron chi connectivity index (χ2n) is 4.98. The summed E-state index contributed by atoms with van der Waals surface area (Å²) in [5, 5.41) is 12.8. The number of halogens is 1. The minimum Gasteiger partial charge on any atom is -0.478 e. The van der Waals surface area contributed by atoms with Crippen molar-refractivity contribution in [1.82, 2.24) is 4.98 Å². The number of carbonyl (C=O) groups is 1. The molecule has 22 heavy (non-hydrogen) atoms. The highest BCUT2D eigenvalue weighted by Gasteiger charge is 2.07. The van der Waals surface area contributed by atoms with Crippen molar-refractivity contribution in [3.8, 4) is 0 Å². The van der Waals surface area contributed by atoms with E-state index in [9.17, 15) is 9.18 Å². The van der Waals surface area contributed by atoms with Crippen molar-refractivity contribution in [2.24, 2.45) is 0 Å². The van der Waals surface area contributed by atoms with Crippen LogP contribution in [-0.2, 0) is 0 Å². The van der Waals surface area contributed by atoms with Crippen molar-refractivity contribution in [1.29, 1.82) is 0 Å². The highest BCUT2D eigenvalue weighted by atomic mass is 19.1. The number of pyridine rings is 1. The molecule has 1 heterocycles. The van der Waals surface area contributed by atoms with Crippen molar-refractivity contribution >= 4 is 28.2 Å². The Kier molecular flexibility index (Phi) is 3.47. The Labute approximate surface area is 126 Å². The molecule has 5 heteroatoms. The molecule has 0 saturated heterocycles. The summed E-state index contributed by atoms with van der Waals surface area (Å²) in [5.74, 6) is -1.30. The quantitative estimate of drug-likeness (QED) is 0.763. The van der Waals surface area contributed by atoms with Gasteiger partial charge in [0.05, 0.1) is 11.1 Å². The third kappa shape index (κ3) is 2.74. The van der Waals surface area contributed by atoms with Gasteiger partial charge in [-0.1, -0.05) is 0 Å². The monoisotopic (exact) mass is 296 g/mol. The zero-order valence-corrected chi connectivity index (χ0v) is 11.8. The molecule has 3 rings (SSSR count). The predicted molar refractivity (Wildman–Crippen MR) is 83.1 cm³/mol. The number of carboxylic acid groups (broad SMARTS) is 1. The Morgan fingerprint density at radius 2 is 1.86 bits per heavy atom. The minimum absolute atomic E-state index is 0.215. The topological polar surface area (TPSA) is 62.2 Å². The number of aromatic nitrogens is 1. The number of fused-ring (bicyclic) bond motifs is 1. The van der Waals surface area contributed by atoms with Crippen LogP contribution in [0.1, 0.15) is 16.1 Å². The fourth-order valence-corrected chi connectivity index (χ4v) is 2.29. The van der Waals surface area contributed by atoms with Crippen LogP contribution < -0.4 is 5.32 Å². The summed E-state index contributed by atoms with van der Waals surface area (Å²) in [7, 11) is 0. The van der Waals surface area contributed by atoms with Gasteiger partial charge < -0.3 is 10.4 Å². The van der Waals surface area contributed by atoms with Gasteiger partial charge in [-0.05, 0) is 55.5 Å². The molecule has 2 aromatic carbocycles. The lowest BCUT2D eigenvalue weighted by molar-refractivity contribution is 0.0697. The summed E-state index contributed by atoms with van der Waals surface area (Å²) in [6.45, 7) is 1.86. The number of benzene rings is 2. The van der Waals surface area contributed by atoms with Crippen molar-refractivity contribution in [2.45, 2.75) is 6.92 Å². The number of aryl methyl sites for hydroxylation is 1. The molecule has 0 aliphatic carbocycles. The number of hydrogen-bond acceptors (Lipinski definition) is 3. The first kappa shape index (κ1) is 14.0. The number of nitrogens with one attached hydrogen (secondary N) is 1. The van der Waals surface area contributed by atoms with E-state index >= 15 is 0 Å². The lowest BCUT2D eigenvalue weighted by Crippen LogP contribution is -1.98. The molecule has 1 aromatic heterocycles. The Hall–Kier alpha value is -2.95. The first-order valence-electron chi connectivity index (χ1n) is 6.70. The molecule has 0 saturated carbocycles. The van der Waals surface area contributed by atoms with Crippen LogP contribution in [0.5, 0.6) is 0 Å². The molecule has 0 fully saturated rings. The fraction of sp³-hybridized carbons (Fsp3) is 0.0588. The van der Waals surface area contributed by atoms with Gasteiger partial charge in [0.15, 0.2) is 0 Å². The third-order valence-corrected chi connectivity index (χ3v) is 3.31. The van der Waals surface area contributed by atoms with Crippen LogP contribution in [0, 0.1) is 12.7 Å². The lowest BCUT2D eigenvalue weighted by atomic mass is 10.1. The molecule has 0 spiro atoms. The maximum Gasteiger partial charge on any atom is 0.335 e. The largest absolute Gasteiger partial charge is 0.478 e. The van der Waals surface area contributed by atoms with E-state index in [-0.39, 0.29) is 11.4 Å². The first-order chi connectivity index (χ1) is 10.5. The fourth-order valence-electron chi connectivity index (χ4n) is 2.29. The van der Waals surface area contributed by atoms with Crippen LogP contribution in [0.2, 0.25) is 0 Å². The molecule has 0 unspecified atom stereocenters. The molecular formula is C17H13FN2O2. The normalized spacial score (nSPS) is 10.6. The smallest absolute Gasteiger partial charge is 0.335 e. The van der Waals surface area contributed by atoms with Gasteiger partial charge in [-0.3, -0.25) is 4.98 Å². The molecule has 0 amide bonds. The Morgan fingerprint density at radius 3 is 2.55 bits per heavy atom. The molecule has 0 aliphatic rings. The summed E-state index contributed by atoms with van der Waals surface area (Å²) >= 11 is 0. The van der Waals surface area contributed by atoms with Crippen LogP contribution in [0.25, 0.3) is 10.9 Å². The van der Waals surface area contributed by atoms with Crippen molar-refractivity contribution in [3.05, 3.63) is 65.6 Å². The maximum absolute atomic E-state index is 13.5. The maximum atomic E-state index is 13.5. The van der Waals surface area contributed by atoms with E-state index in [2.05, 4.69) is 10.3 Å². The van der Waals surface area contributed by atoms with Crippen LogP contribution in [0.15, 0.2) is 48.5 Å². The molecule has 4 nitrogen and oxygen atoms in total. The van der Waals surface area contributed by atoms with Crippen LogP contribution in [0.4, 0.5) is 15.8 Å². The average molecular weight is 296 g/mol. The van der Waals surface area contributed by atoms with E-state index in [0.29, 0.717) is 10.9 Å². The van der Waals surface area contributed by atoms with E-state index < -0.39 is 5.97 Å². The van der Waals surface area contributed by atoms with Gasteiger partial charge in [0.2, 0.25) is 0 Å². The Bertz CT molecular complexity index is 860. The van der Waals surface area contributed by atoms with E-state index in [1.54, 1.807) is 18.2 Å². The van der Waals surface area contributed by atoms with Gasteiger partial charge in [0.25, 0.3) is 0 Å². The summed E-state index contributed by atoms with van der Waals surface area (Å²) in [6, 6.07) is 12.6. The third-order valence-electron chi connectivity index (χ3n) is 3.31. The van der Waals surface area contributed by atoms with E-state index in [0.717, 1.165) is 17.1 Å². The second kappa shape index (κ2) is 5.44. The van der Waals surface area contributed by atoms with E-state index in [4.69, 9.17) is 5.11 Å². The van der Waals surface area contributed by atoms with Crippen molar-refractivity contribution in [3.63, 3.8) is 0 Å². The van der Waals surface area contributed by atoms with Gasteiger partial charge in [-0.15, -0.1) is 0 Å². The van der Waals surface area contributed by atoms with Gasteiger partial charge in [-0.2, -0.15) is 0 Å². The molecule has 0 radical (unpaired) electrons. The zero-order chi connectivity index (χ0) is 15.7. The summed E-state index contributed by atoms with van der Waals surface area (Å²) in [6.07, 6.45) is 0. The second-order valence-corrected chi connectivity index (χ2v) is 4.98. The molecule has 0 bridgehead atoms. The van der Waals surface area contributed by atoms with Gasteiger partial charge in [0, 0.05) is 22.5 Å². The molecule has 110 valence electrons. The minimum atomic E-state index is -0.973. The van der Waals surface area contributed by atoms with Crippen molar-refractivity contribution < 1.29 is 14.3 Å². The standard InChI is InChI=1S/C17H13FN2O2/c1-10-8-16(14-9-12(18)4-7-15(14)19-10)20-13-5-2-11(3-6-13)17(21)22/h2-9H,1H3,(H,19,20)(H,21,22). The Balaban J connectivity index is 2.02. The summed E-state index contributed by atoms with van der Waals surface area (Å²) in [5.41, 5.74) is 3.17. The van der Waals surface area contributed by atoms with Crippen LogP contribution in [0.3, 0.4) is 0 Å². The molecule has 2 N–H and O–H groups in total. The molecule has 0 aliphatic heterocycles. The van der Waals surface area contributed by atoms with Crippen LogP contribution in [-0.4, -0.2) is 16.1 Å². The SMILES string of the molecule is Cc1cc(Nc2ccc(C(=O)O)cc2)c2cc(F)ccc2n1. The number of anilines is 2. The Morgan fingerprint density at radius 1 is 1.14 bits per heavy atom. The molecule has 3 aromatic rings. The number of nitrogens with zero attached hydrogens (tertiary/aromatic N) is 1. The van der Waals surface area contributed by atoms with Crippen molar-refractivity contribution in [2.75, 3.05) is 5.32 Å².